The van der Waals surface area contributed by atoms with Gasteiger partial charge in [0.2, 0.25) is 21.0 Å². The maximum absolute atomic E-state index is 11.4. The largest absolute Gasteiger partial charge is 0.493 e. The van der Waals surface area contributed by atoms with Crippen LogP contribution in [0.15, 0.2) is 87.9 Å². The van der Waals surface area contributed by atoms with Crippen molar-refractivity contribution in [2.45, 2.75) is 11.4 Å². The summed E-state index contributed by atoms with van der Waals surface area (Å²) in [5.74, 6) is -0.0693. The SMILES string of the molecule is NS(=O)(=O)c1ccc(NC(=S)N=Nc2c(O)n(Cc3ccccc3)c3ccc(Cl)cc23)cc1. The Morgan fingerprint density at radius 3 is 2.45 bits per heavy atom. The van der Waals surface area contributed by atoms with Crippen LogP contribution in [0, 0.1) is 0 Å². The molecule has 0 saturated carbocycles. The molecule has 1 aromatic heterocycles. The molecular formula is C22H18ClN5O3S2. The Bertz CT molecular complexity index is 1470. The molecule has 0 aliphatic rings. The molecule has 0 amide bonds. The molecule has 0 spiro atoms. The first kappa shape index (κ1) is 22.9. The number of nitrogens with two attached hydrogens (primary N) is 1. The molecule has 4 rings (SSSR count). The minimum atomic E-state index is -3.79. The fourth-order valence-corrected chi connectivity index (χ4v) is 4.14. The Morgan fingerprint density at radius 1 is 1.09 bits per heavy atom. The zero-order valence-electron chi connectivity index (χ0n) is 17.0. The summed E-state index contributed by atoms with van der Waals surface area (Å²) in [6.07, 6.45) is 0. The van der Waals surface area contributed by atoms with Gasteiger partial charge in [0.05, 0.1) is 17.0 Å². The van der Waals surface area contributed by atoms with Crippen LogP contribution >= 0.6 is 23.8 Å². The van der Waals surface area contributed by atoms with Crippen molar-refractivity contribution in [2.75, 3.05) is 5.32 Å². The minimum absolute atomic E-state index is 0.0174. The van der Waals surface area contributed by atoms with Gasteiger partial charge in [-0.05, 0) is 60.2 Å². The van der Waals surface area contributed by atoms with Gasteiger partial charge in [-0.1, -0.05) is 41.9 Å². The molecule has 0 unspecified atom stereocenters. The predicted molar refractivity (Wildman–Crippen MR) is 133 cm³/mol. The van der Waals surface area contributed by atoms with Gasteiger partial charge in [-0.2, -0.15) is 0 Å². The van der Waals surface area contributed by atoms with Crippen molar-refractivity contribution >= 4 is 61.2 Å². The second-order valence-electron chi connectivity index (χ2n) is 7.10. The Labute approximate surface area is 200 Å². The Balaban J connectivity index is 1.62. The molecule has 0 fully saturated rings. The summed E-state index contributed by atoms with van der Waals surface area (Å²) in [7, 11) is -3.79. The Hall–Kier alpha value is -3.31. The lowest BCUT2D eigenvalue weighted by molar-refractivity contribution is 0.429. The highest BCUT2D eigenvalue weighted by Crippen LogP contribution is 2.40. The van der Waals surface area contributed by atoms with E-state index in [0.717, 1.165) is 11.1 Å². The van der Waals surface area contributed by atoms with E-state index >= 15 is 0 Å². The number of primary sulfonamides is 1. The summed E-state index contributed by atoms with van der Waals surface area (Å²) >= 11 is 11.4. The molecular weight excluding hydrogens is 482 g/mol. The first-order valence-electron chi connectivity index (χ1n) is 9.62. The maximum atomic E-state index is 11.4. The second kappa shape index (κ2) is 9.28. The summed E-state index contributed by atoms with van der Waals surface area (Å²) in [5.41, 5.74) is 2.48. The number of nitrogens with zero attached hydrogens (tertiary/aromatic N) is 3. The molecule has 0 aliphatic carbocycles. The lowest BCUT2D eigenvalue weighted by Gasteiger charge is -2.07. The number of benzene rings is 3. The average Bonchev–Trinajstić information content (AvgIpc) is 3.03. The van der Waals surface area contributed by atoms with Gasteiger partial charge in [-0.3, -0.25) is 0 Å². The van der Waals surface area contributed by atoms with E-state index in [1.165, 1.54) is 24.3 Å². The molecule has 8 nitrogen and oxygen atoms in total. The van der Waals surface area contributed by atoms with Crippen molar-refractivity contribution in [1.29, 1.82) is 0 Å². The first-order valence-corrected chi connectivity index (χ1v) is 12.0. The summed E-state index contributed by atoms with van der Waals surface area (Å²) in [4.78, 5) is -0.0198. The van der Waals surface area contributed by atoms with Gasteiger partial charge in [0.15, 0.2) is 5.69 Å². The molecule has 0 aliphatic heterocycles. The molecule has 4 N–H and O–H groups in total. The van der Waals surface area contributed by atoms with Crippen molar-refractivity contribution in [3.8, 4) is 5.88 Å². The highest BCUT2D eigenvalue weighted by molar-refractivity contribution is 7.89. The third kappa shape index (κ3) is 5.20. The van der Waals surface area contributed by atoms with E-state index < -0.39 is 10.0 Å². The second-order valence-corrected chi connectivity index (χ2v) is 9.49. The molecule has 0 bridgehead atoms. The number of halogens is 1. The molecule has 0 radical (unpaired) electrons. The van der Waals surface area contributed by atoms with Crippen molar-refractivity contribution < 1.29 is 13.5 Å². The topological polar surface area (TPSA) is 122 Å². The van der Waals surface area contributed by atoms with E-state index in [9.17, 15) is 13.5 Å². The van der Waals surface area contributed by atoms with Crippen LogP contribution in [0.3, 0.4) is 0 Å². The van der Waals surface area contributed by atoms with Crippen LogP contribution in [-0.4, -0.2) is 23.2 Å². The van der Waals surface area contributed by atoms with Gasteiger partial charge in [0.25, 0.3) is 0 Å². The zero-order valence-corrected chi connectivity index (χ0v) is 19.4. The standard InChI is InChI=1S/C22H18ClN5O3S2/c23-15-6-11-19-18(12-15)20(21(29)28(19)13-14-4-2-1-3-5-14)26-27-22(32)25-16-7-9-17(10-8-16)33(24,30)31/h1-12,29H,13H2,(H,25,32)(H2,24,30,31). The fraction of sp³-hybridized carbons (Fsp3) is 0.0455. The van der Waals surface area contributed by atoms with E-state index in [1.807, 2.05) is 36.4 Å². The van der Waals surface area contributed by atoms with E-state index in [2.05, 4.69) is 15.5 Å². The number of thiocarbonyl (C=S) groups is 1. The lowest BCUT2D eigenvalue weighted by atomic mass is 10.2. The van der Waals surface area contributed by atoms with Crippen LogP contribution < -0.4 is 10.5 Å². The Morgan fingerprint density at radius 2 is 1.79 bits per heavy atom. The summed E-state index contributed by atoms with van der Waals surface area (Å²) < 4.78 is 24.5. The third-order valence-electron chi connectivity index (χ3n) is 4.83. The van der Waals surface area contributed by atoms with Crippen molar-refractivity contribution in [3.05, 3.63) is 83.4 Å². The van der Waals surface area contributed by atoms with Crippen molar-refractivity contribution in [3.63, 3.8) is 0 Å². The number of hydrogen-bond acceptors (Lipinski definition) is 5. The molecule has 11 heteroatoms. The monoisotopic (exact) mass is 499 g/mol. The highest BCUT2D eigenvalue weighted by atomic mass is 35.5. The summed E-state index contributed by atoms with van der Waals surface area (Å²) in [6.45, 7) is 0.430. The lowest BCUT2D eigenvalue weighted by Crippen LogP contribution is -2.12. The van der Waals surface area contributed by atoms with Gasteiger partial charge in [-0.25, -0.2) is 13.6 Å². The first-order chi connectivity index (χ1) is 15.7. The van der Waals surface area contributed by atoms with Crippen LogP contribution in [0.25, 0.3) is 10.9 Å². The number of aromatic nitrogens is 1. The Kier molecular flexibility index (Phi) is 6.43. The number of azo groups is 1. The highest BCUT2D eigenvalue weighted by Gasteiger charge is 2.17. The van der Waals surface area contributed by atoms with Crippen LogP contribution in [0.1, 0.15) is 5.56 Å². The third-order valence-corrected chi connectivity index (χ3v) is 6.18. The van der Waals surface area contributed by atoms with E-state index in [-0.39, 0.29) is 21.6 Å². The molecule has 0 saturated heterocycles. The fourth-order valence-electron chi connectivity index (χ4n) is 3.29. The molecule has 1 heterocycles. The predicted octanol–water partition coefficient (Wildman–Crippen LogP) is 5.18. The van der Waals surface area contributed by atoms with E-state index in [4.69, 9.17) is 29.0 Å². The number of rotatable bonds is 5. The van der Waals surface area contributed by atoms with Crippen LogP contribution in [0.4, 0.5) is 11.4 Å². The molecule has 33 heavy (non-hydrogen) atoms. The number of aromatic hydroxyl groups is 1. The van der Waals surface area contributed by atoms with Gasteiger partial charge >= 0.3 is 0 Å². The normalized spacial score (nSPS) is 11.8. The minimum Gasteiger partial charge on any atom is -0.493 e. The molecule has 168 valence electrons. The van der Waals surface area contributed by atoms with Crippen LogP contribution in [0.5, 0.6) is 5.88 Å². The summed E-state index contributed by atoms with van der Waals surface area (Å²) in [5, 5.41) is 28.2. The maximum Gasteiger partial charge on any atom is 0.238 e. The number of anilines is 1. The quantitative estimate of drug-likeness (QED) is 0.258. The smallest absolute Gasteiger partial charge is 0.238 e. The number of nitrogens with one attached hydrogen (secondary N) is 1. The average molecular weight is 500 g/mol. The van der Waals surface area contributed by atoms with Crippen LogP contribution in [-0.2, 0) is 16.6 Å². The van der Waals surface area contributed by atoms with E-state index in [1.54, 1.807) is 16.7 Å². The zero-order chi connectivity index (χ0) is 23.6. The number of fused-ring (bicyclic) bond motifs is 1. The van der Waals surface area contributed by atoms with Gasteiger partial charge in [0, 0.05) is 16.1 Å². The van der Waals surface area contributed by atoms with Crippen molar-refractivity contribution in [1.82, 2.24) is 4.57 Å². The van der Waals surface area contributed by atoms with Gasteiger partial charge in [0.1, 0.15) is 0 Å². The number of hydrogen-bond donors (Lipinski definition) is 3. The molecule has 0 atom stereocenters. The van der Waals surface area contributed by atoms with Crippen molar-refractivity contribution in [2.24, 2.45) is 15.4 Å². The van der Waals surface area contributed by atoms with Gasteiger partial charge in [-0.15, -0.1) is 10.2 Å². The molecule has 4 aromatic rings. The number of sulfonamides is 1. The van der Waals surface area contributed by atoms with E-state index in [0.29, 0.717) is 22.6 Å². The van der Waals surface area contributed by atoms with Gasteiger partial charge < -0.3 is 15.0 Å². The summed E-state index contributed by atoms with van der Waals surface area (Å²) in [6, 6.07) is 20.7. The molecule has 3 aromatic carbocycles. The van der Waals surface area contributed by atoms with Crippen LogP contribution in [0.2, 0.25) is 5.02 Å².